The van der Waals surface area contributed by atoms with Crippen molar-refractivity contribution in [1.82, 2.24) is 0 Å². The van der Waals surface area contributed by atoms with Crippen LogP contribution in [0, 0.1) is 0 Å². The second-order valence-corrected chi connectivity index (χ2v) is 5.96. The summed E-state index contributed by atoms with van der Waals surface area (Å²) >= 11 is 0. The molecule has 1 N–H and O–H groups in total. The Kier molecular flexibility index (Phi) is 5.22. The molecule has 0 saturated heterocycles. The number of anilines is 1. The van der Waals surface area contributed by atoms with E-state index in [1.165, 1.54) is 24.1 Å². The minimum Gasteiger partial charge on any atom is -0.507 e. The first-order valence-electron chi connectivity index (χ1n) is 8.36. The molecule has 27 heavy (non-hydrogen) atoms. The number of phenolic OH excluding ortho intramolecular Hbond substituents is 1. The molecule has 0 bridgehead atoms. The van der Waals surface area contributed by atoms with Crippen molar-refractivity contribution in [2.24, 2.45) is 0 Å². The number of amides is 1. The highest BCUT2D eigenvalue weighted by atomic mass is 16.5. The lowest BCUT2D eigenvalue weighted by Gasteiger charge is -2.19. The van der Waals surface area contributed by atoms with E-state index >= 15 is 0 Å². The molecule has 5 heteroatoms. The highest BCUT2D eigenvalue weighted by molar-refractivity contribution is 6.19. The van der Waals surface area contributed by atoms with E-state index < -0.39 is 5.78 Å². The summed E-state index contributed by atoms with van der Waals surface area (Å²) < 4.78 is 5.05. The molecule has 0 radical (unpaired) electrons. The largest absolute Gasteiger partial charge is 0.507 e. The fourth-order valence-corrected chi connectivity index (χ4v) is 2.79. The number of hydrogen-bond donors (Lipinski definition) is 1. The first-order valence-corrected chi connectivity index (χ1v) is 8.36. The highest BCUT2D eigenvalue weighted by Gasteiger charge is 2.23. The van der Waals surface area contributed by atoms with Crippen molar-refractivity contribution in [3.05, 3.63) is 89.5 Å². The minimum atomic E-state index is -0.430. The first kappa shape index (κ1) is 18.2. The molecule has 0 heterocycles. The van der Waals surface area contributed by atoms with Gasteiger partial charge in [0.1, 0.15) is 11.5 Å². The molecular weight excluding hydrogens is 342 g/mol. The molecule has 136 valence electrons. The van der Waals surface area contributed by atoms with Crippen LogP contribution in [0.3, 0.4) is 0 Å². The molecule has 0 aliphatic heterocycles. The van der Waals surface area contributed by atoms with Crippen LogP contribution in [0.4, 0.5) is 5.69 Å². The topological polar surface area (TPSA) is 66.8 Å². The Morgan fingerprint density at radius 3 is 2.11 bits per heavy atom. The van der Waals surface area contributed by atoms with Crippen LogP contribution in [0.2, 0.25) is 0 Å². The summed E-state index contributed by atoms with van der Waals surface area (Å²) in [5, 5.41) is 10.2. The van der Waals surface area contributed by atoms with E-state index in [2.05, 4.69) is 0 Å². The number of phenols is 1. The van der Waals surface area contributed by atoms with Crippen molar-refractivity contribution in [2.45, 2.75) is 0 Å². The van der Waals surface area contributed by atoms with Crippen LogP contribution in [0.15, 0.2) is 72.8 Å². The van der Waals surface area contributed by atoms with Crippen LogP contribution in [-0.4, -0.2) is 31.0 Å². The average molecular weight is 361 g/mol. The number of ether oxygens (including phenoxy) is 1. The molecule has 0 atom stereocenters. The average Bonchev–Trinajstić information content (AvgIpc) is 2.72. The second-order valence-electron chi connectivity index (χ2n) is 5.96. The molecule has 3 aromatic carbocycles. The highest BCUT2D eigenvalue weighted by Crippen LogP contribution is 2.27. The molecule has 0 fully saturated rings. The number of nitrogens with zero attached hydrogens (tertiary/aromatic N) is 1. The van der Waals surface area contributed by atoms with Gasteiger partial charge in [-0.3, -0.25) is 9.59 Å². The van der Waals surface area contributed by atoms with Crippen molar-refractivity contribution in [2.75, 3.05) is 19.1 Å². The fourth-order valence-electron chi connectivity index (χ4n) is 2.79. The molecule has 1 amide bonds. The predicted octanol–water partition coefficient (Wildman–Crippen LogP) is 3.91. The standard InChI is InChI=1S/C22H19NO4/c1-23(15-8-4-3-5-9-15)22(26)18-11-7-6-10-17(18)21(25)19-13-12-16(27-2)14-20(19)24/h3-14,24H,1-2H3. The van der Waals surface area contributed by atoms with Crippen molar-refractivity contribution in [3.8, 4) is 11.5 Å². The van der Waals surface area contributed by atoms with Crippen LogP contribution >= 0.6 is 0 Å². The minimum absolute atomic E-state index is 0.110. The summed E-state index contributed by atoms with van der Waals surface area (Å²) in [6, 6.07) is 20.2. The normalized spacial score (nSPS) is 10.3. The Bertz CT molecular complexity index is 983. The van der Waals surface area contributed by atoms with Gasteiger partial charge in [-0.05, 0) is 30.3 Å². The maximum absolute atomic E-state index is 13.0. The molecular formula is C22H19NO4. The van der Waals surface area contributed by atoms with Gasteiger partial charge in [-0.1, -0.05) is 36.4 Å². The maximum atomic E-state index is 13.0. The van der Waals surface area contributed by atoms with Crippen LogP contribution < -0.4 is 9.64 Å². The first-order chi connectivity index (χ1) is 13.0. The number of methoxy groups -OCH3 is 1. The van der Waals surface area contributed by atoms with Crippen molar-refractivity contribution in [1.29, 1.82) is 0 Å². The van der Waals surface area contributed by atoms with Gasteiger partial charge in [-0.15, -0.1) is 0 Å². The summed E-state index contributed by atoms with van der Waals surface area (Å²) in [4.78, 5) is 27.4. The zero-order valence-corrected chi connectivity index (χ0v) is 15.0. The molecule has 0 aliphatic rings. The Hall–Kier alpha value is -3.60. The number of ketones is 1. The molecule has 0 aromatic heterocycles. The van der Waals surface area contributed by atoms with Crippen LogP contribution in [0.5, 0.6) is 11.5 Å². The summed E-state index contributed by atoms with van der Waals surface area (Å²) in [5.74, 6) is -0.492. The maximum Gasteiger partial charge on any atom is 0.258 e. The number of hydrogen-bond acceptors (Lipinski definition) is 4. The van der Waals surface area contributed by atoms with Crippen LogP contribution in [-0.2, 0) is 0 Å². The van der Waals surface area contributed by atoms with Gasteiger partial charge in [0, 0.05) is 24.4 Å². The Balaban J connectivity index is 1.99. The predicted molar refractivity (Wildman–Crippen MR) is 104 cm³/mol. The van der Waals surface area contributed by atoms with Gasteiger partial charge < -0.3 is 14.7 Å². The lowest BCUT2D eigenvalue weighted by molar-refractivity contribution is 0.0975. The summed E-state index contributed by atoms with van der Waals surface area (Å²) in [6.45, 7) is 0. The summed E-state index contributed by atoms with van der Waals surface area (Å²) in [6.07, 6.45) is 0. The monoisotopic (exact) mass is 361 g/mol. The zero-order chi connectivity index (χ0) is 19.4. The lowest BCUT2D eigenvalue weighted by atomic mass is 9.97. The van der Waals surface area contributed by atoms with E-state index in [9.17, 15) is 14.7 Å². The second kappa shape index (κ2) is 7.74. The number of rotatable bonds is 5. The fraction of sp³-hybridized carbons (Fsp3) is 0.0909. The third-order valence-corrected chi connectivity index (χ3v) is 4.30. The van der Waals surface area contributed by atoms with E-state index in [1.54, 1.807) is 37.4 Å². The molecule has 0 saturated carbocycles. The third-order valence-electron chi connectivity index (χ3n) is 4.30. The molecule has 0 unspecified atom stereocenters. The third kappa shape index (κ3) is 3.67. The van der Waals surface area contributed by atoms with E-state index in [-0.39, 0.29) is 28.3 Å². The van der Waals surface area contributed by atoms with E-state index in [0.717, 1.165) is 5.69 Å². The SMILES string of the molecule is COc1ccc(C(=O)c2ccccc2C(=O)N(C)c2ccccc2)c(O)c1. The van der Waals surface area contributed by atoms with Gasteiger partial charge >= 0.3 is 0 Å². The molecule has 3 aromatic rings. The quantitative estimate of drug-likeness (QED) is 0.700. The molecule has 0 aliphatic carbocycles. The Morgan fingerprint density at radius 2 is 1.48 bits per heavy atom. The number of benzene rings is 3. The number of carbonyl (C=O) groups excluding carboxylic acids is 2. The van der Waals surface area contributed by atoms with Crippen molar-refractivity contribution < 1.29 is 19.4 Å². The van der Waals surface area contributed by atoms with Gasteiger partial charge in [-0.25, -0.2) is 0 Å². The summed E-state index contributed by atoms with van der Waals surface area (Å²) in [7, 11) is 3.13. The number of para-hydroxylation sites is 1. The van der Waals surface area contributed by atoms with Crippen LogP contribution in [0.25, 0.3) is 0 Å². The molecule has 3 rings (SSSR count). The molecule has 5 nitrogen and oxygen atoms in total. The Labute approximate surface area is 157 Å². The van der Waals surface area contributed by atoms with E-state index in [4.69, 9.17) is 4.74 Å². The summed E-state index contributed by atoms with van der Waals surface area (Å²) in [5.41, 5.74) is 1.32. The number of carbonyl (C=O) groups is 2. The van der Waals surface area contributed by atoms with Gasteiger partial charge in [0.15, 0.2) is 5.78 Å². The number of aromatic hydroxyl groups is 1. The lowest BCUT2D eigenvalue weighted by Crippen LogP contribution is -2.28. The Morgan fingerprint density at radius 1 is 0.852 bits per heavy atom. The van der Waals surface area contributed by atoms with Gasteiger partial charge in [0.05, 0.1) is 18.2 Å². The molecule has 0 spiro atoms. The van der Waals surface area contributed by atoms with Crippen molar-refractivity contribution >= 4 is 17.4 Å². The van der Waals surface area contributed by atoms with E-state index in [0.29, 0.717) is 5.75 Å². The van der Waals surface area contributed by atoms with Gasteiger partial charge in [0.25, 0.3) is 5.91 Å². The van der Waals surface area contributed by atoms with E-state index in [1.807, 2.05) is 30.3 Å². The zero-order valence-electron chi connectivity index (χ0n) is 15.0. The van der Waals surface area contributed by atoms with Crippen molar-refractivity contribution in [3.63, 3.8) is 0 Å². The van der Waals surface area contributed by atoms with Crippen LogP contribution in [0.1, 0.15) is 26.3 Å². The van der Waals surface area contributed by atoms with Gasteiger partial charge in [-0.2, -0.15) is 0 Å². The smallest absolute Gasteiger partial charge is 0.258 e. The van der Waals surface area contributed by atoms with Gasteiger partial charge in [0.2, 0.25) is 0 Å².